The molecule has 3 aromatic carbocycles. The zero-order chi connectivity index (χ0) is 22.5. The highest BCUT2D eigenvalue weighted by molar-refractivity contribution is 7.00. The van der Waals surface area contributed by atoms with E-state index < -0.39 is 18.5 Å². The number of fused-ring (bicyclic) bond motifs is 1. The summed E-state index contributed by atoms with van der Waals surface area (Å²) in [5.41, 5.74) is 3.88. The van der Waals surface area contributed by atoms with E-state index in [0.717, 1.165) is 22.9 Å². The summed E-state index contributed by atoms with van der Waals surface area (Å²) < 4.78 is 18.4. The zero-order valence-corrected chi connectivity index (χ0v) is 17.7. The van der Waals surface area contributed by atoms with E-state index in [1.807, 2.05) is 12.1 Å². The summed E-state index contributed by atoms with van der Waals surface area (Å²) in [4.78, 5) is 35.5. The maximum atomic E-state index is 12.3. The summed E-state index contributed by atoms with van der Waals surface area (Å²) in [6.45, 7) is 0.917. The lowest BCUT2D eigenvalue weighted by Gasteiger charge is -2.08. The standard InChI is InChI=1S/C23H17N3O5S/c1-14(27)31-18-11-9-16(10-12-18)15-5-7-17(8-6-15)23(29)30-13-21(28)24-19-3-2-4-20-22(19)26-32-25-20/h2-12H,13H2,1H3,(H,24,28). The van der Waals surface area contributed by atoms with E-state index >= 15 is 0 Å². The minimum absolute atomic E-state index is 0.323. The molecule has 0 unspecified atom stereocenters. The molecule has 1 aromatic heterocycles. The SMILES string of the molecule is CC(=O)Oc1ccc(-c2ccc(C(=O)OCC(=O)Nc3cccc4nsnc34)cc2)cc1. The number of carbonyl (C=O) groups is 3. The fourth-order valence-electron chi connectivity index (χ4n) is 2.99. The Bertz CT molecular complexity index is 1280. The molecule has 0 fully saturated rings. The predicted molar refractivity (Wildman–Crippen MR) is 120 cm³/mol. The van der Waals surface area contributed by atoms with Crippen molar-refractivity contribution >= 4 is 46.3 Å². The quantitative estimate of drug-likeness (QED) is 0.350. The highest BCUT2D eigenvalue weighted by atomic mass is 32.1. The highest BCUT2D eigenvalue weighted by Crippen LogP contribution is 2.23. The number of carbonyl (C=O) groups excluding carboxylic acids is 3. The second-order valence-electron chi connectivity index (χ2n) is 6.76. The Hall–Kier alpha value is -4.11. The Labute approximate surface area is 187 Å². The summed E-state index contributed by atoms with van der Waals surface area (Å²) in [7, 11) is 0. The molecule has 0 atom stereocenters. The average molecular weight is 447 g/mol. The van der Waals surface area contributed by atoms with Crippen molar-refractivity contribution in [1.82, 2.24) is 8.75 Å². The predicted octanol–water partition coefficient (Wildman–Crippen LogP) is 4.08. The second kappa shape index (κ2) is 9.36. The number of anilines is 1. The van der Waals surface area contributed by atoms with Crippen LogP contribution < -0.4 is 10.1 Å². The van der Waals surface area contributed by atoms with Gasteiger partial charge in [0, 0.05) is 6.92 Å². The molecule has 0 spiro atoms. The molecule has 1 amide bonds. The van der Waals surface area contributed by atoms with Crippen molar-refractivity contribution in [3.8, 4) is 16.9 Å². The summed E-state index contributed by atoms with van der Waals surface area (Å²) in [6, 6.07) is 19.1. The lowest BCUT2D eigenvalue weighted by atomic mass is 10.0. The van der Waals surface area contributed by atoms with Crippen molar-refractivity contribution < 1.29 is 23.9 Å². The van der Waals surface area contributed by atoms with Gasteiger partial charge in [-0.2, -0.15) is 8.75 Å². The summed E-state index contributed by atoms with van der Waals surface area (Å²) >= 11 is 1.06. The van der Waals surface area contributed by atoms with Gasteiger partial charge in [-0.1, -0.05) is 30.3 Å². The first kappa shape index (κ1) is 21.1. The molecule has 4 aromatic rings. The van der Waals surface area contributed by atoms with Gasteiger partial charge in [-0.15, -0.1) is 0 Å². The molecule has 9 heteroatoms. The van der Waals surface area contributed by atoms with Crippen molar-refractivity contribution in [3.05, 3.63) is 72.3 Å². The molecule has 0 aliphatic heterocycles. The summed E-state index contributed by atoms with van der Waals surface area (Å²) in [5.74, 6) is -0.998. The number of rotatable bonds is 6. The van der Waals surface area contributed by atoms with Crippen LogP contribution in [0.1, 0.15) is 17.3 Å². The van der Waals surface area contributed by atoms with Crippen molar-refractivity contribution in [3.63, 3.8) is 0 Å². The monoisotopic (exact) mass is 447 g/mol. The van der Waals surface area contributed by atoms with E-state index in [2.05, 4.69) is 14.1 Å². The van der Waals surface area contributed by atoms with Crippen molar-refractivity contribution in [2.75, 3.05) is 11.9 Å². The fourth-order valence-corrected chi connectivity index (χ4v) is 3.54. The van der Waals surface area contributed by atoms with Crippen LogP contribution in [0.4, 0.5) is 5.69 Å². The van der Waals surface area contributed by atoms with Gasteiger partial charge in [-0.05, 0) is 47.5 Å². The summed E-state index contributed by atoms with van der Waals surface area (Å²) in [6.07, 6.45) is 0. The molecule has 0 saturated heterocycles. The van der Waals surface area contributed by atoms with Crippen molar-refractivity contribution in [1.29, 1.82) is 0 Å². The van der Waals surface area contributed by atoms with Crippen LogP contribution in [0.5, 0.6) is 5.75 Å². The van der Waals surface area contributed by atoms with Crippen LogP contribution >= 0.6 is 11.7 Å². The number of esters is 2. The van der Waals surface area contributed by atoms with E-state index in [9.17, 15) is 14.4 Å². The van der Waals surface area contributed by atoms with Gasteiger partial charge in [0.15, 0.2) is 6.61 Å². The topological polar surface area (TPSA) is 107 Å². The zero-order valence-electron chi connectivity index (χ0n) is 16.9. The minimum atomic E-state index is -0.606. The highest BCUT2D eigenvalue weighted by Gasteiger charge is 2.13. The molecule has 1 heterocycles. The first-order valence-electron chi connectivity index (χ1n) is 9.57. The molecule has 160 valence electrons. The van der Waals surface area contributed by atoms with E-state index in [1.54, 1.807) is 54.6 Å². The van der Waals surface area contributed by atoms with E-state index in [4.69, 9.17) is 9.47 Å². The Morgan fingerprint density at radius 2 is 1.59 bits per heavy atom. The van der Waals surface area contributed by atoms with Crippen LogP contribution in [-0.2, 0) is 14.3 Å². The van der Waals surface area contributed by atoms with Crippen LogP contribution in [0.2, 0.25) is 0 Å². The number of hydrogen-bond acceptors (Lipinski definition) is 8. The Balaban J connectivity index is 1.34. The maximum absolute atomic E-state index is 12.3. The number of ether oxygens (including phenoxy) is 2. The van der Waals surface area contributed by atoms with E-state index in [0.29, 0.717) is 28.0 Å². The van der Waals surface area contributed by atoms with Crippen LogP contribution in [0.25, 0.3) is 22.2 Å². The lowest BCUT2D eigenvalue weighted by molar-refractivity contribution is -0.131. The third-order valence-corrected chi connectivity index (χ3v) is 5.01. The molecule has 0 aliphatic rings. The normalized spacial score (nSPS) is 10.5. The molecule has 8 nitrogen and oxygen atoms in total. The first-order chi connectivity index (χ1) is 15.5. The van der Waals surface area contributed by atoms with Gasteiger partial charge in [-0.3, -0.25) is 9.59 Å². The first-order valence-corrected chi connectivity index (χ1v) is 10.3. The van der Waals surface area contributed by atoms with Gasteiger partial charge in [0.1, 0.15) is 16.8 Å². The second-order valence-corrected chi connectivity index (χ2v) is 7.29. The maximum Gasteiger partial charge on any atom is 0.338 e. The molecule has 4 rings (SSSR count). The smallest absolute Gasteiger partial charge is 0.338 e. The molecule has 0 radical (unpaired) electrons. The number of nitrogens with one attached hydrogen (secondary N) is 1. The van der Waals surface area contributed by atoms with E-state index in [-0.39, 0.29) is 5.97 Å². The molecule has 0 aliphatic carbocycles. The number of aromatic nitrogens is 2. The van der Waals surface area contributed by atoms with Gasteiger partial charge < -0.3 is 14.8 Å². The van der Waals surface area contributed by atoms with Crippen LogP contribution in [0, 0.1) is 0 Å². The van der Waals surface area contributed by atoms with Gasteiger partial charge in [-0.25, -0.2) is 4.79 Å². The molecule has 0 bridgehead atoms. The van der Waals surface area contributed by atoms with Crippen LogP contribution in [-0.4, -0.2) is 33.2 Å². The number of hydrogen-bond donors (Lipinski definition) is 1. The van der Waals surface area contributed by atoms with Crippen LogP contribution in [0.3, 0.4) is 0 Å². The Morgan fingerprint density at radius 3 is 2.28 bits per heavy atom. The summed E-state index contributed by atoms with van der Waals surface area (Å²) in [5, 5.41) is 2.68. The molecule has 32 heavy (non-hydrogen) atoms. The van der Waals surface area contributed by atoms with Gasteiger partial charge in [0.2, 0.25) is 0 Å². The molecular weight excluding hydrogens is 430 g/mol. The Kier molecular flexibility index (Phi) is 6.18. The lowest BCUT2D eigenvalue weighted by Crippen LogP contribution is -2.21. The third-order valence-electron chi connectivity index (χ3n) is 4.46. The van der Waals surface area contributed by atoms with Gasteiger partial charge >= 0.3 is 11.9 Å². The third kappa shape index (κ3) is 4.96. The number of amides is 1. The largest absolute Gasteiger partial charge is 0.452 e. The number of nitrogens with zero attached hydrogens (tertiary/aromatic N) is 2. The minimum Gasteiger partial charge on any atom is -0.452 e. The Morgan fingerprint density at radius 1 is 0.906 bits per heavy atom. The molecule has 0 saturated carbocycles. The molecule has 1 N–H and O–H groups in total. The molecular formula is C23H17N3O5S. The van der Waals surface area contributed by atoms with Crippen LogP contribution in [0.15, 0.2) is 66.7 Å². The van der Waals surface area contributed by atoms with Gasteiger partial charge in [0.25, 0.3) is 5.91 Å². The number of benzene rings is 3. The van der Waals surface area contributed by atoms with Crippen molar-refractivity contribution in [2.45, 2.75) is 6.92 Å². The van der Waals surface area contributed by atoms with Gasteiger partial charge in [0.05, 0.1) is 23.0 Å². The van der Waals surface area contributed by atoms with E-state index in [1.165, 1.54) is 6.92 Å². The fraction of sp³-hybridized carbons (Fsp3) is 0.0870. The average Bonchev–Trinajstić information content (AvgIpc) is 3.28. The van der Waals surface area contributed by atoms with Crippen molar-refractivity contribution in [2.24, 2.45) is 0 Å².